The van der Waals surface area contributed by atoms with E-state index in [1.807, 2.05) is 24.3 Å². The van der Waals surface area contributed by atoms with Gasteiger partial charge in [0.15, 0.2) is 6.10 Å². The average Bonchev–Trinajstić information content (AvgIpc) is 2.89. The summed E-state index contributed by atoms with van der Waals surface area (Å²) in [7, 11) is 0. The molecule has 2 rings (SSSR count). The highest BCUT2D eigenvalue weighted by molar-refractivity contribution is 5.99. The highest BCUT2D eigenvalue weighted by atomic mass is 16.5. The van der Waals surface area contributed by atoms with Crippen LogP contribution in [0.4, 0.5) is 5.69 Å². The molecule has 2 atom stereocenters. The molecule has 1 heterocycles. The molecule has 1 aromatic carbocycles. The number of benzene rings is 1. The third kappa shape index (κ3) is 3.44. The predicted octanol–water partition coefficient (Wildman–Crippen LogP) is 1.02. The summed E-state index contributed by atoms with van der Waals surface area (Å²) in [4.78, 5) is 36.6. The molecule has 1 fully saturated rings. The predicted molar refractivity (Wildman–Crippen MR) is 81.0 cm³/mol. The van der Waals surface area contributed by atoms with Gasteiger partial charge in [0.05, 0.1) is 5.92 Å². The number of primary amides is 1. The topological polar surface area (TPSA) is 89.7 Å². The fourth-order valence-corrected chi connectivity index (χ4v) is 2.36. The third-order valence-corrected chi connectivity index (χ3v) is 3.81. The first-order chi connectivity index (χ1) is 10.4. The van der Waals surface area contributed by atoms with Crippen molar-refractivity contribution < 1.29 is 19.1 Å². The Kier molecular flexibility index (Phi) is 4.80. The number of carbonyl (C=O) groups excluding carboxylic acids is 3. The van der Waals surface area contributed by atoms with Crippen molar-refractivity contribution >= 4 is 23.5 Å². The smallest absolute Gasteiger partial charge is 0.312 e. The van der Waals surface area contributed by atoms with Gasteiger partial charge in [-0.15, -0.1) is 0 Å². The number of nitrogens with two attached hydrogens (primary N) is 1. The lowest BCUT2D eigenvalue weighted by Gasteiger charge is -2.17. The van der Waals surface area contributed by atoms with Crippen molar-refractivity contribution in [2.75, 3.05) is 11.4 Å². The van der Waals surface area contributed by atoms with E-state index in [0.29, 0.717) is 0 Å². The highest BCUT2D eigenvalue weighted by Crippen LogP contribution is 2.26. The monoisotopic (exact) mass is 304 g/mol. The Hall–Kier alpha value is -2.37. The van der Waals surface area contributed by atoms with Crippen LogP contribution in [0.3, 0.4) is 0 Å². The molecule has 118 valence electrons. The molecule has 6 nitrogen and oxygen atoms in total. The van der Waals surface area contributed by atoms with Crippen molar-refractivity contribution in [1.29, 1.82) is 0 Å². The number of hydrogen-bond acceptors (Lipinski definition) is 4. The van der Waals surface area contributed by atoms with E-state index in [0.717, 1.165) is 12.1 Å². The summed E-state index contributed by atoms with van der Waals surface area (Å²) in [5.74, 6) is -1.96. The van der Waals surface area contributed by atoms with Gasteiger partial charge < -0.3 is 15.4 Å². The van der Waals surface area contributed by atoms with Crippen molar-refractivity contribution in [3.8, 4) is 0 Å². The number of esters is 1. The second-order valence-corrected chi connectivity index (χ2v) is 5.41. The van der Waals surface area contributed by atoms with E-state index in [4.69, 9.17) is 10.5 Å². The highest BCUT2D eigenvalue weighted by Gasteiger charge is 2.37. The summed E-state index contributed by atoms with van der Waals surface area (Å²) in [5.41, 5.74) is 7.01. The first-order valence-electron chi connectivity index (χ1n) is 7.31. The van der Waals surface area contributed by atoms with E-state index >= 15 is 0 Å². The van der Waals surface area contributed by atoms with Crippen LogP contribution in [-0.2, 0) is 25.5 Å². The van der Waals surface area contributed by atoms with Crippen LogP contribution in [0.2, 0.25) is 0 Å². The lowest BCUT2D eigenvalue weighted by Crippen LogP contribution is -2.33. The van der Waals surface area contributed by atoms with E-state index in [1.165, 1.54) is 12.5 Å². The van der Waals surface area contributed by atoms with E-state index in [-0.39, 0.29) is 18.9 Å². The number of hydrogen-bond donors (Lipinski definition) is 1. The quantitative estimate of drug-likeness (QED) is 0.822. The Labute approximate surface area is 129 Å². The zero-order chi connectivity index (χ0) is 16.3. The summed E-state index contributed by atoms with van der Waals surface area (Å²) in [5, 5.41) is 0. The Morgan fingerprint density at radius 3 is 2.55 bits per heavy atom. The molecule has 1 saturated heterocycles. The molecule has 1 aromatic rings. The maximum atomic E-state index is 12.1. The number of anilines is 1. The van der Waals surface area contributed by atoms with Gasteiger partial charge in [0.25, 0.3) is 5.91 Å². The SMILES string of the molecule is CCc1ccc(N2C[C@@H](C(=O)O[C@H](C)C(N)=O)CC2=O)cc1. The molecule has 0 unspecified atom stereocenters. The summed E-state index contributed by atoms with van der Waals surface area (Å²) in [6.45, 7) is 3.73. The Morgan fingerprint density at radius 1 is 1.36 bits per heavy atom. The zero-order valence-corrected chi connectivity index (χ0v) is 12.7. The minimum absolute atomic E-state index is 0.0832. The molecular formula is C16H20N2O4. The van der Waals surface area contributed by atoms with Crippen molar-refractivity contribution in [3.05, 3.63) is 29.8 Å². The van der Waals surface area contributed by atoms with E-state index in [9.17, 15) is 14.4 Å². The molecule has 1 aliphatic heterocycles. The van der Waals surface area contributed by atoms with Crippen LogP contribution in [0.5, 0.6) is 0 Å². The number of carbonyl (C=O) groups is 3. The van der Waals surface area contributed by atoms with Gasteiger partial charge in [0.1, 0.15) is 0 Å². The lowest BCUT2D eigenvalue weighted by molar-refractivity contribution is -0.157. The second-order valence-electron chi connectivity index (χ2n) is 5.41. The van der Waals surface area contributed by atoms with Gasteiger partial charge in [-0.25, -0.2) is 0 Å². The number of ether oxygens (including phenoxy) is 1. The van der Waals surface area contributed by atoms with Crippen molar-refractivity contribution in [2.24, 2.45) is 11.7 Å². The van der Waals surface area contributed by atoms with Gasteiger partial charge in [0.2, 0.25) is 5.91 Å². The molecule has 2 N–H and O–H groups in total. The average molecular weight is 304 g/mol. The maximum Gasteiger partial charge on any atom is 0.312 e. The minimum Gasteiger partial charge on any atom is -0.452 e. The van der Waals surface area contributed by atoms with E-state index in [2.05, 4.69) is 6.92 Å². The largest absolute Gasteiger partial charge is 0.452 e. The molecule has 0 aromatic heterocycles. The summed E-state index contributed by atoms with van der Waals surface area (Å²) < 4.78 is 4.97. The van der Waals surface area contributed by atoms with Gasteiger partial charge in [-0.1, -0.05) is 19.1 Å². The first-order valence-corrected chi connectivity index (χ1v) is 7.31. The fourth-order valence-electron chi connectivity index (χ4n) is 2.36. The van der Waals surface area contributed by atoms with Crippen LogP contribution in [0.15, 0.2) is 24.3 Å². The van der Waals surface area contributed by atoms with E-state index < -0.39 is 23.9 Å². The van der Waals surface area contributed by atoms with Crippen LogP contribution in [0.1, 0.15) is 25.8 Å². The number of rotatable bonds is 5. The molecule has 0 spiro atoms. The molecule has 22 heavy (non-hydrogen) atoms. The molecule has 6 heteroatoms. The molecule has 0 bridgehead atoms. The molecule has 0 aliphatic carbocycles. The van der Waals surface area contributed by atoms with E-state index in [1.54, 1.807) is 4.90 Å². The molecular weight excluding hydrogens is 284 g/mol. The summed E-state index contributed by atoms with van der Waals surface area (Å²) >= 11 is 0. The van der Waals surface area contributed by atoms with Crippen molar-refractivity contribution in [1.82, 2.24) is 0 Å². The standard InChI is InChI=1S/C16H20N2O4/c1-3-11-4-6-13(7-5-11)18-9-12(8-14(18)19)16(21)22-10(2)15(17)20/h4-7,10,12H,3,8-9H2,1-2H3,(H2,17,20)/t10-,12+/m1/s1. The molecule has 1 aliphatic rings. The number of amides is 2. The van der Waals surface area contributed by atoms with Gasteiger partial charge in [-0.3, -0.25) is 14.4 Å². The number of nitrogens with zero attached hydrogens (tertiary/aromatic N) is 1. The normalized spacial score (nSPS) is 19.1. The molecule has 2 amide bonds. The van der Waals surface area contributed by atoms with Crippen LogP contribution in [-0.4, -0.2) is 30.4 Å². The fraction of sp³-hybridized carbons (Fsp3) is 0.438. The zero-order valence-electron chi connectivity index (χ0n) is 12.7. The lowest BCUT2D eigenvalue weighted by atomic mass is 10.1. The van der Waals surface area contributed by atoms with Crippen LogP contribution < -0.4 is 10.6 Å². The van der Waals surface area contributed by atoms with Gasteiger partial charge in [-0.05, 0) is 31.0 Å². The summed E-state index contributed by atoms with van der Waals surface area (Å²) in [6, 6.07) is 7.67. The van der Waals surface area contributed by atoms with Crippen molar-refractivity contribution in [3.63, 3.8) is 0 Å². The Bertz CT molecular complexity index is 582. The van der Waals surface area contributed by atoms with Crippen LogP contribution in [0.25, 0.3) is 0 Å². The Balaban J connectivity index is 2.03. The minimum atomic E-state index is -0.986. The van der Waals surface area contributed by atoms with Crippen LogP contribution in [0, 0.1) is 5.92 Å². The second kappa shape index (κ2) is 6.60. The van der Waals surface area contributed by atoms with Gasteiger partial charge in [-0.2, -0.15) is 0 Å². The van der Waals surface area contributed by atoms with Gasteiger partial charge in [0, 0.05) is 18.7 Å². The first kappa shape index (κ1) is 16.0. The maximum absolute atomic E-state index is 12.1. The third-order valence-electron chi connectivity index (χ3n) is 3.81. The molecule has 0 radical (unpaired) electrons. The number of aryl methyl sites for hydroxylation is 1. The Morgan fingerprint density at radius 2 is 2.00 bits per heavy atom. The summed E-state index contributed by atoms with van der Waals surface area (Å²) in [6.07, 6.45) is 0.0223. The van der Waals surface area contributed by atoms with Gasteiger partial charge >= 0.3 is 5.97 Å². The molecule has 0 saturated carbocycles. The van der Waals surface area contributed by atoms with Crippen LogP contribution >= 0.6 is 0 Å². The van der Waals surface area contributed by atoms with Crippen molar-refractivity contribution in [2.45, 2.75) is 32.8 Å².